The van der Waals surface area contributed by atoms with E-state index in [0.717, 1.165) is 42.6 Å². The third-order valence-electron chi connectivity index (χ3n) is 10.6. The first-order valence-electron chi connectivity index (χ1n) is 19.0. The van der Waals surface area contributed by atoms with Gasteiger partial charge in [-0.25, -0.2) is 9.18 Å². The highest BCUT2D eigenvalue weighted by molar-refractivity contribution is 5.99. The first kappa shape index (κ1) is 40.7. The molecule has 0 bridgehead atoms. The molecule has 2 aromatic carbocycles. The van der Waals surface area contributed by atoms with Crippen LogP contribution in [-0.4, -0.2) is 127 Å². The van der Waals surface area contributed by atoms with E-state index < -0.39 is 24.1 Å². The number of carbonyl (C=O) groups excluding carboxylic acids is 3. The largest absolute Gasteiger partial charge is 0.465 e. The molecule has 4 amide bonds. The van der Waals surface area contributed by atoms with Crippen molar-refractivity contribution in [3.8, 4) is 0 Å². The van der Waals surface area contributed by atoms with E-state index in [1.54, 1.807) is 34.9 Å². The molecule has 1 saturated heterocycles. The molecule has 0 radical (unpaired) electrons. The topological polar surface area (TPSA) is 143 Å². The van der Waals surface area contributed by atoms with Gasteiger partial charge in [-0.1, -0.05) is 49.6 Å². The van der Waals surface area contributed by atoms with Gasteiger partial charge < -0.3 is 39.0 Å². The zero-order valence-corrected chi connectivity index (χ0v) is 31.6. The number of ether oxygens (including phenoxy) is 3. The minimum absolute atomic E-state index is 0.0452. The molecule has 54 heavy (non-hydrogen) atoms. The number of nitrogens with one attached hydrogen (secondary N) is 1. The monoisotopic (exact) mass is 751 g/mol. The number of hydrogen-bond acceptors (Lipinski definition) is 7. The average molecular weight is 752 g/mol. The van der Waals surface area contributed by atoms with Crippen molar-refractivity contribution in [2.75, 3.05) is 66.3 Å². The predicted octanol–water partition coefficient (Wildman–Crippen LogP) is 4.69. The molecule has 2 fully saturated rings. The van der Waals surface area contributed by atoms with Gasteiger partial charge in [-0.15, -0.1) is 0 Å². The van der Waals surface area contributed by atoms with Crippen LogP contribution in [0.15, 0.2) is 48.5 Å². The fourth-order valence-corrected chi connectivity index (χ4v) is 7.20. The van der Waals surface area contributed by atoms with E-state index in [4.69, 9.17) is 14.2 Å². The second kappa shape index (κ2) is 19.7. The van der Waals surface area contributed by atoms with E-state index >= 15 is 4.39 Å². The molecule has 2 heterocycles. The Bertz CT molecular complexity index is 1720. The molecule has 2 N–H and O–H groups in total. The standard InChI is InChI=1S/C40H54FN5O8/c1-28-35(41)33-26-32(14-15-34(33)46(28)20-21-52-22-23-53-24-25-54-27-30-10-6-4-7-11-30)38(48)44-16-18-45(19-17-44)39(49)36(31-12-8-5-9-13-31)42-37(47)29(2)43(3)40(50)51/h4,6-7,10-11,14-15,26,29,31,36H,5,8-9,12-13,16-25,27H2,1-3H3,(H,42,47)(H,50,51)/t29-,36-/m0/s1. The number of piperazine rings is 1. The summed E-state index contributed by atoms with van der Waals surface area (Å²) in [6.07, 6.45) is 3.36. The maximum Gasteiger partial charge on any atom is 0.407 e. The Hall–Kier alpha value is -4.53. The second-order valence-electron chi connectivity index (χ2n) is 14.1. The molecular weight excluding hydrogens is 697 g/mol. The summed E-state index contributed by atoms with van der Waals surface area (Å²) < 4.78 is 34.3. The van der Waals surface area contributed by atoms with Crippen molar-refractivity contribution in [1.29, 1.82) is 0 Å². The third-order valence-corrected chi connectivity index (χ3v) is 10.6. The van der Waals surface area contributed by atoms with Crippen LogP contribution in [0.3, 0.4) is 0 Å². The Labute approximate surface area is 316 Å². The number of amides is 4. The number of carboxylic acid groups (broad SMARTS) is 1. The van der Waals surface area contributed by atoms with Crippen molar-refractivity contribution in [3.05, 3.63) is 71.2 Å². The first-order valence-corrected chi connectivity index (χ1v) is 19.0. The molecule has 1 aliphatic carbocycles. The van der Waals surface area contributed by atoms with Gasteiger partial charge in [0, 0.05) is 50.7 Å². The lowest BCUT2D eigenvalue weighted by Gasteiger charge is -2.39. The molecule has 2 aliphatic rings. The summed E-state index contributed by atoms with van der Waals surface area (Å²) in [6.45, 7) is 7.47. The summed E-state index contributed by atoms with van der Waals surface area (Å²) in [5, 5.41) is 12.6. The van der Waals surface area contributed by atoms with Crippen LogP contribution in [0, 0.1) is 18.7 Å². The highest BCUT2D eigenvalue weighted by atomic mass is 19.1. The molecule has 1 aliphatic heterocycles. The second-order valence-corrected chi connectivity index (χ2v) is 14.1. The van der Waals surface area contributed by atoms with Gasteiger partial charge in [0.05, 0.1) is 50.9 Å². The van der Waals surface area contributed by atoms with Gasteiger partial charge >= 0.3 is 6.09 Å². The van der Waals surface area contributed by atoms with Crippen molar-refractivity contribution < 1.29 is 42.9 Å². The van der Waals surface area contributed by atoms with E-state index in [0.29, 0.717) is 68.3 Å². The van der Waals surface area contributed by atoms with Crippen LogP contribution in [0.4, 0.5) is 9.18 Å². The molecule has 0 unspecified atom stereocenters. The lowest BCUT2D eigenvalue weighted by Crippen LogP contribution is -2.59. The zero-order valence-electron chi connectivity index (χ0n) is 31.6. The number of benzene rings is 2. The lowest BCUT2D eigenvalue weighted by molar-refractivity contribution is -0.140. The van der Waals surface area contributed by atoms with Gasteiger partial charge in [0.15, 0.2) is 5.82 Å². The van der Waals surface area contributed by atoms with E-state index in [1.807, 2.05) is 34.9 Å². The summed E-state index contributed by atoms with van der Waals surface area (Å²) in [5.74, 6) is -1.40. The van der Waals surface area contributed by atoms with Gasteiger partial charge in [0.25, 0.3) is 5.91 Å². The Balaban J connectivity index is 1.10. The number of halogens is 1. The molecule has 294 valence electrons. The van der Waals surface area contributed by atoms with Crippen LogP contribution in [0.1, 0.15) is 60.6 Å². The number of carbonyl (C=O) groups is 4. The number of aromatic nitrogens is 1. The van der Waals surface area contributed by atoms with Gasteiger partial charge in [0.1, 0.15) is 12.1 Å². The Morgan fingerprint density at radius 1 is 0.889 bits per heavy atom. The molecular formula is C40H54FN5O8. The number of hydrogen-bond donors (Lipinski definition) is 2. The van der Waals surface area contributed by atoms with Crippen LogP contribution >= 0.6 is 0 Å². The highest BCUT2D eigenvalue weighted by Gasteiger charge is 2.37. The minimum Gasteiger partial charge on any atom is -0.465 e. The van der Waals surface area contributed by atoms with Gasteiger partial charge in [-0.05, 0) is 56.4 Å². The Morgan fingerprint density at radius 3 is 2.19 bits per heavy atom. The van der Waals surface area contributed by atoms with E-state index in [1.165, 1.54) is 14.0 Å². The molecule has 3 aromatic rings. The molecule has 2 atom stereocenters. The predicted molar refractivity (Wildman–Crippen MR) is 201 cm³/mol. The molecule has 14 heteroatoms. The maximum absolute atomic E-state index is 15.5. The average Bonchev–Trinajstić information content (AvgIpc) is 3.44. The molecule has 13 nitrogen and oxygen atoms in total. The number of fused-ring (bicyclic) bond motifs is 1. The van der Waals surface area contributed by atoms with Crippen molar-refractivity contribution in [2.24, 2.45) is 5.92 Å². The number of nitrogens with zero attached hydrogens (tertiary/aromatic N) is 4. The molecule has 0 spiro atoms. The Morgan fingerprint density at radius 2 is 1.52 bits per heavy atom. The van der Waals surface area contributed by atoms with Crippen molar-refractivity contribution in [3.63, 3.8) is 0 Å². The lowest BCUT2D eigenvalue weighted by atomic mass is 9.83. The SMILES string of the molecule is Cc1c(F)c2cc(C(=O)N3CCN(C(=O)[C@@H](NC(=O)[C@H](C)N(C)C(=O)O)C4CCCCC4)CC3)ccc2n1CCOCCOCCOCc1ccccc1. The first-order chi connectivity index (χ1) is 26.1. The van der Waals surface area contributed by atoms with Crippen LogP contribution in [0.25, 0.3) is 10.9 Å². The molecule has 1 aromatic heterocycles. The van der Waals surface area contributed by atoms with E-state index in [-0.39, 0.29) is 49.7 Å². The van der Waals surface area contributed by atoms with Crippen molar-refractivity contribution in [1.82, 2.24) is 24.6 Å². The summed E-state index contributed by atoms with van der Waals surface area (Å²) in [6, 6.07) is 13.3. The third kappa shape index (κ3) is 10.4. The summed E-state index contributed by atoms with van der Waals surface area (Å²) >= 11 is 0. The summed E-state index contributed by atoms with van der Waals surface area (Å²) in [4.78, 5) is 56.2. The maximum atomic E-state index is 15.5. The fraction of sp³-hybridized carbons (Fsp3) is 0.550. The smallest absolute Gasteiger partial charge is 0.407 e. The van der Waals surface area contributed by atoms with Crippen LogP contribution < -0.4 is 5.32 Å². The highest BCUT2D eigenvalue weighted by Crippen LogP contribution is 2.29. The van der Waals surface area contributed by atoms with Gasteiger partial charge in [-0.3, -0.25) is 19.3 Å². The zero-order chi connectivity index (χ0) is 38.6. The van der Waals surface area contributed by atoms with Crippen molar-refractivity contribution in [2.45, 2.75) is 71.2 Å². The quantitative estimate of drug-likeness (QED) is 0.189. The van der Waals surface area contributed by atoms with Gasteiger partial charge in [-0.2, -0.15) is 0 Å². The number of likely N-dealkylation sites (N-methyl/N-ethyl adjacent to an activating group) is 1. The number of rotatable bonds is 17. The fourth-order valence-electron chi connectivity index (χ4n) is 7.20. The van der Waals surface area contributed by atoms with Crippen LogP contribution in [-0.2, 0) is 37.0 Å². The molecule has 5 rings (SSSR count). The van der Waals surface area contributed by atoms with Crippen molar-refractivity contribution >= 4 is 34.7 Å². The van der Waals surface area contributed by atoms with Crippen LogP contribution in [0.5, 0.6) is 0 Å². The minimum atomic E-state index is -1.23. The summed E-state index contributed by atoms with van der Waals surface area (Å²) in [5.41, 5.74) is 2.61. The Kier molecular flexibility index (Phi) is 14.8. The summed E-state index contributed by atoms with van der Waals surface area (Å²) in [7, 11) is 1.32. The van der Waals surface area contributed by atoms with Crippen LogP contribution in [0.2, 0.25) is 0 Å². The molecule has 1 saturated carbocycles. The van der Waals surface area contributed by atoms with E-state index in [9.17, 15) is 24.3 Å². The van der Waals surface area contributed by atoms with Gasteiger partial charge in [0.2, 0.25) is 11.8 Å². The normalized spacial score (nSPS) is 16.3. The van der Waals surface area contributed by atoms with E-state index in [2.05, 4.69) is 5.32 Å².